The molecule has 17 heavy (non-hydrogen) atoms. The number of aromatic nitrogens is 1. The van der Waals surface area contributed by atoms with Crippen LogP contribution in [0, 0.1) is 0 Å². The van der Waals surface area contributed by atoms with Crippen LogP contribution in [0.4, 0.5) is 6.01 Å². The van der Waals surface area contributed by atoms with Crippen LogP contribution in [0.5, 0.6) is 0 Å². The number of rotatable bonds is 4. The van der Waals surface area contributed by atoms with Gasteiger partial charge in [0.15, 0.2) is 5.58 Å². The van der Waals surface area contributed by atoms with Crippen molar-refractivity contribution >= 4 is 17.1 Å². The predicted octanol–water partition coefficient (Wildman–Crippen LogP) is 3.08. The lowest BCUT2D eigenvalue weighted by atomic mass is 10.3. The van der Waals surface area contributed by atoms with E-state index in [0.29, 0.717) is 6.01 Å². The van der Waals surface area contributed by atoms with Crippen LogP contribution in [0.3, 0.4) is 0 Å². The number of hydrogen-bond donors (Lipinski definition) is 1. The number of oxazole rings is 1. The molecular formula is C13H12N2O2. The molecule has 1 aromatic carbocycles. The maximum atomic E-state index is 5.53. The second kappa shape index (κ2) is 4.33. The second-order valence-electron chi connectivity index (χ2n) is 3.74. The number of anilines is 1. The van der Waals surface area contributed by atoms with Crippen molar-refractivity contribution < 1.29 is 8.83 Å². The van der Waals surface area contributed by atoms with E-state index in [1.165, 1.54) is 0 Å². The third kappa shape index (κ3) is 2.15. The third-order valence-electron chi connectivity index (χ3n) is 2.52. The first-order chi connectivity index (χ1) is 8.42. The minimum Gasteiger partial charge on any atom is -0.469 e. The Kier molecular flexibility index (Phi) is 2.54. The SMILES string of the molecule is c1coc(CCNc2nc3ccccc3o2)c1. The van der Waals surface area contributed by atoms with Gasteiger partial charge in [0.1, 0.15) is 11.3 Å². The Morgan fingerprint density at radius 2 is 2.06 bits per heavy atom. The van der Waals surface area contributed by atoms with E-state index in [2.05, 4.69) is 10.3 Å². The number of nitrogens with one attached hydrogen (secondary N) is 1. The van der Waals surface area contributed by atoms with Crippen LogP contribution >= 0.6 is 0 Å². The van der Waals surface area contributed by atoms with Crippen molar-refractivity contribution in [3.05, 3.63) is 48.4 Å². The van der Waals surface area contributed by atoms with Crippen LogP contribution in [0.15, 0.2) is 51.5 Å². The largest absolute Gasteiger partial charge is 0.469 e. The molecule has 0 saturated carbocycles. The molecule has 0 atom stereocenters. The van der Waals surface area contributed by atoms with Gasteiger partial charge < -0.3 is 14.2 Å². The van der Waals surface area contributed by atoms with E-state index in [4.69, 9.17) is 8.83 Å². The van der Waals surface area contributed by atoms with Crippen LogP contribution < -0.4 is 5.32 Å². The van der Waals surface area contributed by atoms with Crippen molar-refractivity contribution in [2.24, 2.45) is 0 Å². The maximum Gasteiger partial charge on any atom is 0.295 e. The molecule has 0 spiro atoms. The smallest absolute Gasteiger partial charge is 0.295 e. The number of hydrogen-bond acceptors (Lipinski definition) is 4. The van der Waals surface area contributed by atoms with Gasteiger partial charge in [0.25, 0.3) is 6.01 Å². The van der Waals surface area contributed by atoms with Crippen LogP contribution in [-0.2, 0) is 6.42 Å². The Morgan fingerprint density at radius 1 is 1.12 bits per heavy atom. The summed E-state index contributed by atoms with van der Waals surface area (Å²) >= 11 is 0. The molecule has 2 heterocycles. The minimum atomic E-state index is 0.553. The van der Waals surface area contributed by atoms with E-state index in [1.54, 1.807) is 6.26 Å². The highest BCUT2D eigenvalue weighted by molar-refractivity contribution is 5.74. The topological polar surface area (TPSA) is 51.2 Å². The van der Waals surface area contributed by atoms with E-state index in [9.17, 15) is 0 Å². The van der Waals surface area contributed by atoms with Crippen LogP contribution in [0.25, 0.3) is 11.1 Å². The maximum absolute atomic E-state index is 5.53. The Hall–Kier alpha value is -2.23. The third-order valence-corrected chi connectivity index (χ3v) is 2.52. The fourth-order valence-corrected chi connectivity index (χ4v) is 1.70. The monoisotopic (exact) mass is 228 g/mol. The average molecular weight is 228 g/mol. The van der Waals surface area contributed by atoms with Crippen molar-refractivity contribution in [1.29, 1.82) is 0 Å². The molecule has 3 rings (SSSR count). The first kappa shape index (κ1) is 9.96. The first-order valence-corrected chi connectivity index (χ1v) is 5.54. The Balaban J connectivity index is 1.65. The molecule has 4 heteroatoms. The quantitative estimate of drug-likeness (QED) is 0.745. The van der Waals surface area contributed by atoms with Gasteiger partial charge in [-0.05, 0) is 24.3 Å². The summed E-state index contributed by atoms with van der Waals surface area (Å²) in [5.74, 6) is 0.952. The molecule has 0 unspecified atom stereocenters. The van der Waals surface area contributed by atoms with Gasteiger partial charge in [-0.2, -0.15) is 4.98 Å². The van der Waals surface area contributed by atoms with Crippen molar-refractivity contribution in [1.82, 2.24) is 4.98 Å². The van der Waals surface area contributed by atoms with E-state index in [0.717, 1.165) is 29.8 Å². The minimum absolute atomic E-state index is 0.553. The van der Waals surface area contributed by atoms with Crippen molar-refractivity contribution in [2.75, 3.05) is 11.9 Å². The van der Waals surface area contributed by atoms with E-state index < -0.39 is 0 Å². The highest BCUT2D eigenvalue weighted by atomic mass is 16.4. The summed E-state index contributed by atoms with van der Waals surface area (Å²) < 4.78 is 10.8. The summed E-state index contributed by atoms with van der Waals surface area (Å²) in [5, 5.41) is 3.13. The Labute approximate surface area is 98.3 Å². The molecule has 0 fully saturated rings. The van der Waals surface area contributed by atoms with E-state index in [1.807, 2.05) is 36.4 Å². The first-order valence-electron chi connectivity index (χ1n) is 5.54. The van der Waals surface area contributed by atoms with Crippen LogP contribution in [0.2, 0.25) is 0 Å². The molecule has 0 radical (unpaired) electrons. The number of nitrogens with zero attached hydrogens (tertiary/aromatic N) is 1. The van der Waals surface area contributed by atoms with Crippen molar-refractivity contribution in [3.8, 4) is 0 Å². The molecule has 0 saturated heterocycles. The molecule has 3 aromatic rings. The van der Waals surface area contributed by atoms with Gasteiger partial charge in [0.05, 0.1) is 6.26 Å². The van der Waals surface area contributed by atoms with Crippen LogP contribution in [-0.4, -0.2) is 11.5 Å². The lowest BCUT2D eigenvalue weighted by molar-refractivity contribution is 0.511. The van der Waals surface area contributed by atoms with E-state index in [-0.39, 0.29) is 0 Å². The zero-order valence-corrected chi connectivity index (χ0v) is 9.22. The van der Waals surface area contributed by atoms with Gasteiger partial charge in [-0.15, -0.1) is 0 Å². The second-order valence-corrected chi connectivity index (χ2v) is 3.74. The number of furan rings is 1. The fraction of sp³-hybridized carbons (Fsp3) is 0.154. The molecule has 4 nitrogen and oxygen atoms in total. The van der Waals surface area contributed by atoms with Gasteiger partial charge in [-0.25, -0.2) is 0 Å². The molecule has 0 aliphatic carbocycles. The zero-order valence-electron chi connectivity index (χ0n) is 9.22. The summed E-state index contributed by atoms with van der Waals surface area (Å²) in [6.07, 6.45) is 2.49. The fourth-order valence-electron chi connectivity index (χ4n) is 1.70. The van der Waals surface area contributed by atoms with Gasteiger partial charge in [-0.3, -0.25) is 0 Å². The number of fused-ring (bicyclic) bond motifs is 1. The highest BCUT2D eigenvalue weighted by Crippen LogP contribution is 2.17. The van der Waals surface area contributed by atoms with Gasteiger partial charge >= 0.3 is 0 Å². The average Bonchev–Trinajstić information content (AvgIpc) is 2.96. The van der Waals surface area contributed by atoms with Gasteiger partial charge in [-0.1, -0.05) is 12.1 Å². The molecular weight excluding hydrogens is 216 g/mol. The summed E-state index contributed by atoms with van der Waals surface area (Å²) in [6, 6.07) is 12.1. The van der Waals surface area contributed by atoms with Crippen molar-refractivity contribution in [2.45, 2.75) is 6.42 Å². The summed E-state index contributed by atoms with van der Waals surface area (Å²) in [6.45, 7) is 0.736. The molecule has 2 aromatic heterocycles. The van der Waals surface area contributed by atoms with E-state index >= 15 is 0 Å². The molecule has 1 N–H and O–H groups in total. The molecule has 0 bridgehead atoms. The predicted molar refractivity (Wildman–Crippen MR) is 64.9 cm³/mol. The summed E-state index contributed by atoms with van der Waals surface area (Å²) in [5.41, 5.74) is 1.67. The molecule has 86 valence electrons. The lowest BCUT2D eigenvalue weighted by Gasteiger charge is -1.98. The molecule has 0 aliphatic rings. The highest BCUT2D eigenvalue weighted by Gasteiger charge is 2.04. The summed E-state index contributed by atoms with van der Waals surface area (Å²) in [7, 11) is 0. The molecule has 0 amide bonds. The van der Waals surface area contributed by atoms with Gasteiger partial charge in [0, 0.05) is 13.0 Å². The Bertz CT molecular complexity index is 566. The normalized spacial score (nSPS) is 10.8. The summed E-state index contributed by atoms with van der Waals surface area (Å²) in [4.78, 5) is 4.32. The zero-order chi connectivity index (χ0) is 11.5. The standard InChI is InChI=1S/C13H12N2O2/c1-2-6-12-11(5-1)15-13(17-12)14-8-7-10-4-3-9-16-10/h1-6,9H,7-8H2,(H,14,15). The van der Waals surface area contributed by atoms with Crippen molar-refractivity contribution in [3.63, 3.8) is 0 Å². The number of benzene rings is 1. The molecule has 0 aliphatic heterocycles. The lowest BCUT2D eigenvalue weighted by Crippen LogP contribution is -2.04. The number of para-hydroxylation sites is 2. The van der Waals surface area contributed by atoms with Gasteiger partial charge in [0.2, 0.25) is 0 Å². The van der Waals surface area contributed by atoms with Crippen LogP contribution in [0.1, 0.15) is 5.76 Å². The Morgan fingerprint density at radius 3 is 2.88 bits per heavy atom.